The van der Waals surface area contributed by atoms with Crippen LogP contribution in [0.3, 0.4) is 0 Å². The van der Waals surface area contributed by atoms with Gasteiger partial charge in [0.1, 0.15) is 5.65 Å². The first-order chi connectivity index (χ1) is 11.1. The number of fused-ring (bicyclic) bond motifs is 1. The fourth-order valence-electron chi connectivity index (χ4n) is 2.87. The second-order valence-electron chi connectivity index (χ2n) is 5.68. The molecular formula is C18H15N3OS. The summed E-state index contributed by atoms with van der Waals surface area (Å²) in [6, 6.07) is 6.00. The van der Waals surface area contributed by atoms with E-state index in [4.69, 9.17) is 0 Å². The fraction of sp³-hybridized carbons (Fsp3) is 0.111. The van der Waals surface area contributed by atoms with Crippen molar-refractivity contribution in [2.75, 3.05) is 0 Å². The van der Waals surface area contributed by atoms with Gasteiger partial charge in [-0.1, -0.05) is 0 Å². The third kappa shape index (κ3) is 2.29. The average molecular weight is 321 g/mol. The van der Waals surface area contributed by atoms with E-state index in [9.17, 15) is 4.79 Å². The topological polar surface area (TPSA) is 50.7 Å². The summed E-state index contributed by atoms with van der Waals surface area (Å²) in [5.74, 6) is 0.0103. The lowest BCUT2D eigenvalue weighted by molar-refractivity contribution is 0.103. The average Bonchev–Trinajstić information content (AvgIpc) is 3.25. The van der Waals surface area contributed by atoms with Crippen LogP contribution >= 0.6 is 11.3 Å². The van der Waals surface area contributed by atoms with E-state index in [1.165, 1.54) is 0 Å². The first kappa shape index (κ1) is 14.0. The minimum absolute atomic E-state index is 0.0103. The molecule has 0 saturated carbocycles. The highest BCUT2D eigenvalue weighted by atomic mass is 32.1. The molecule has 0 unspecified atom stereocenters. The van der Waals surface area contributed by atoms with Crippen LogP contribution in [-0.2, 0) is 7.05 Å². The molecule has 4 nitrogen and oxygen atoms in total. The standard InChI is InChI=1S/C18H15N3OS/c1-11-5-16(21(2)9-11)17(22)15-8-20-18-14(15)6-13(7-19-18)12-3-4-23-10-12/h3-10H,1-2H3,(H,19,20). The third-order valence-electron chi connectivity index (χ3n) is 4.00. The van der Waals surface area contributed by atoms with Gasteiger partial charge in [0.2, 0.25) is 5.78 Å². The van der Waals surface area contributed by atoms with E-state index in [1.807, 2.05) is 48.4 Å². The molecule has 4 rings (SSSR count). The van der Waals surface area contributed by atoms with Crippen molar-refractivity contribution in [1.29, 1.82) is 0 Å². The molecule has 0 aliphatic carbocycles. The first-order valence-electron chi connectivity index (χ1n) is 7.31. The van der Waals surface area contributed by atoms with Crippen LogP contribution in [0.5, 0.6) is 0 Å². The zero-order valence-electron chi connectivity index (χ0n) is 12.8. The molecule has 0 saturated heterocycles. The highest BCUT2D eigenvalue weighted by molar-refractivity contribution is 7.08. The lowest BCUT2D eigenvalue weighted by Crippen LogP contribution is -2.06. The highest BCUT2D eigenvalue weighted by Crippen LogP contribution is 2.27. The van der Waals surface area contributed by atoms with Gasteiger partial charge in [-0.15, -0.1) is 0 Å². The number of nitrogens with zero attached hydrogens (tertiary/aromatic N) is 2. The monoisotopic (exact) mass is 321 g/mol. The number of hydrogen-bond acceptors (Lipinski definition) is 3. The molecular weight excluding hydrogens is 306 g/mol. The summed E-state index contributed by atoms with van der Waals surface area (Å²) >= 11 is 1.65. The molecule has 0 fully saturated rings. The van der Waals surface area contributed by atoms with Crippen LogP contribution < -0.4 is 0 Å². The van der Waals surface area contributed by atoms with E-state index in [-0.39, 0.29) is 5.78 Å². The Balaban J connectivity index is 1.85. The molecule has 0 atom stereocenters. The molecule has 4 aromatic heterocycles. The number of nitrogens with one attached hydrogen (secondary N) is 1. The van der Waals surface area contributed by atoms with Gasteiger partial charge in [0.15, 0.2) is 0 Å². The van der Waals surface area contributed by atoms with Gasteiger partial charge in [0.05, 0.1) is 11.3 Å². The molecule has 0 aliphatic rings. The van der Waals surface area contributed by atoms with Crippen molar-refractivity contribution in [3.63, 3.8) is 0 Å². The molecule has 4 heterocycles. The first-order valence-corrected chi connectivity index (χ1v) is 8.25. The van der Waals surface area contributed by atoms with Crippen molar-refractivity contribution < 1.29 is 4.79 Å². The van der Waals surface area contributed by atoms with E-state index >= 15 is 0 Å². The normalized spacial score (nSPS) is 11.2. The summed E-state index contributed by atoms with van der Waals surface area (Å²) < 4.78 is 1.87. The molecule has 0 aliphatic heterocycles. The second-order valence-corrected chi connectivity index (χ2v) is 6.46. The maximum absolute atomic E-state index is 12.9. The number of aromatic amines is 1. The number of thiophene rings is 1. The molecule has 23 heavy (non-hydrogen) atoms. The van der Waals surface area contributed by atoms with E-state index < -0.39 is 0 Å². The maximum Gasteiger partial charge on any atom is 0.211 e. The SMILES string of the molecule is Cc1cc(C(=O)c2c[nH]c3ncc(-c4ccsc4)cc23)n(C)c1. The Kier molecular flexibility index (Phi) is 3.16. The molecule has 114 valence electrons. The van der Waals surface area contributed by atoms with Crippen molar-refractivity contribution in [1.82, 2.24) is 14.5 Å². The number of ketones is 1. The van der Waals surface area contributed by atoms with Crippen molar-refractivity contribution >= 4 is 28.2 Å². The lowest BCUT2D eigenvalue weighted by Gasteiger charge is -2.02. The second kappa shape index (κ2) is 5.21. The Labute approximate surface area is 137 Å². The third-order valence-corrected chi connectivity index (χ3v) is 4.69. The zero-order chi connectivity index (χ0) is 16.0. The number of H-pyrrole nitrogens is 1. The van der Waals surface area contributed by atoms with E-state index in [0.717, 1.165) is 27.7 Å². The van der Waals surface area contributed by atoms with E-state index in [2.05, 4.69) is 21.4 Å². The van der Waals surface area contributed by atoms with Gasteiger partial charge in [-0.2, -0.15) is 11.3 Å². The Morgan fingerprint density at radius 2 is 2.17 bits per heavy atom. The molecule has 0 spiro atoms. The largest absolute Gasteiger partial charge is 0.348 e. The maximum atomic E-state index is 12.9. The van der Waals surface area contributed by atoms with Gasteiger partial charge in [-0.25, -0.2) is 4.98 Å². The van der Waals surface area contributed by atoms with Crippen LogP contribution in [0.15, 0.2) is 47.5 Å². The Morgan fingerprint density at radius 1 is 1.30 bits per heavy atom. The minimum atomic E-state index is 0.0103. The Bertz CT molecular complexity index is 1010. The zero-order valence-corrected chi connectivity index (χ0v) is 13.6. The van der Waals surface area contributed by atoms with Gasteiger partial charge in [-0.3, -0.25) is 4.79 Å². The summed E-state index contributed by atoms with van der Waals surface area (Å²) in [7, 11) is 1.89. The minimum Gasteiger partial charge on any atom is -0.348 e. The summed E-state index contributed by atoms with van der Waals surface area (Å²) in [5, 5.41) is 4.98. The van der Waals surface area contributed by atoms with Gasteiger partial charge in [0.25, 0.3) is 0 Å². The van der Waals surface area contributed by atoms with Crippen LogP contribution in [0.2, 0.25) is 0 Å². The van der Waals surface area contributed by atoms with Gasteiger partial charge in [-0.05, 0) is 47.0 Å². The Morgan fingerprint density at radius 3 is 2.87 bits per heavy atom. The number of carbonyl (C=O) groups excluding carboxylic acids is 1. The van der Waals surface area contributed by atoms with Crippen molar-refractivity contribution in [3.8, 4) is 11.1 Å². The molecule has 4 aromatic rings. The summed E-state index contributed by atoms with van der Waals surface area (Å²) in [6.45, 7) is 1.99. The number of pyridine rings is 1. The van der Waals surface area contributed by atoms with Crippen LogP contribution in [0, 0.1) is 6.92 Å². The van der Waals surface area contributed by atoms with Crippen LogP contribution in [0.1, 0.15) is 21.6 Å². The van der Waals surface area contributed by atoms with E-state index in [0.29, 0.717) is 11.3 Å². The summed E-state index contributed by atoms with van der Waals surface area (Å²) in [6.07, 6.45) is 5.54. The molecule has 0 amide bonds. The van der Waals surface area contributed by atoms with Gasteiger partial charge < -0.3 is 9.55 Å². The number of hydrogen-bond donors (Lipinski definition) is 1. The number of aromatic nitrogens is 3. The highest BCUT2D eigenvalue weighted by Gasteiger charge is 2.18. The molecule has 0 aromatic carbocycles. The van der Waals surface area contributed by atoms with Crippen molar-refractivity contribution in [2.24, 2.45) is 7.05 Å². The molecule has 0 bridgehead atoms. The predicted octanol–water partition coefficient (Wildman–Crippen LogP) is 4.17. The van der Waals surface area contributed by atoms with Gasteiger partial charge >= 0.3 is 0 Å². The smallest absolute Gasteiger partial charge is 0.211 e. The van der Waals surface area contributed by atoms with Gasteiger partial charge in [0, 0.05) is 36.6 Å². The summed E-state index contributed by atoms with van der Waals surface area (Å²) in [4.78, 5) is 20.4. The number of rotatable bonds is 3. The fourth-order valence-corrected chi connectivity index (χ4v) is 3.54. The van der Waals surface area contributed by atoms with E-state index in [1.54, 1.807) is 17.5 Å². The summed E-state index contributed by atoms with van der Waals surface area (Å²) in [5.41, 5.74) is 5.30. The molecule has 0 radical (unpaired) electrons. The molecule has 1 N–H and O–H groups in total. The predicted molar refractivity (Wildman–Crippen MR) is 93.0 cm³/mol. The lowest BCUT2D eigenvalue weighted by atomic mass is 10.1. The van der Waals surface area contributed by atoms with Crippen LogP contribution in [-0.4, -0.2) is 20.3 Å². The number of carbonyl (C=O) groups is 1. The number of aryl methyl sites for hydroxylation is 2. The van der Waals surface area contributed by atoms with Crippen LogP contribution in [0.25, 0.3) is 22.2 Å². The quantitative estimate of drug-likeness (QED) is 0.576. The van der Waals surface area contributed by atoms with Crippen molar-refractivity contribution in [2.45, 2.75) is 6.92 Å². The Hall–Kier alpha value is -2.66. The molecule has 5 heteroatoms. The van der Waals surface area contributed by atoms with Crippen molar-refractivity contribution in [3.05, 3.63) is 64.4 Å². The van der Waals surface area contributed by atoms with Crippen LogP contribution in [0.4, 0.5) is 0 Å².